The molecule has 2 aromatic carbocycles. The highest BCUT2D eigenvalue weighted by atomic mass is 79.9. The molecule has 0 aliphatic carbocycles. The topological polar surface area (TPSA) is 66.4 Å². The van der Waals surface area contributed by atoms with E-state index in [1.54, 1.807) is 13.0 Å². The van der Waals surface area contributed by atoms with Gasteiger partial charge in [0.1, 0.15) is 5.82 Å². The summed E-state index contributed by atoms with van der Waals surface area (Å²) in [4.78, 5) is 23.3. The highest BCUT2D eigenvalue weighted by Crippen LogP contribution is 2.22. The molecule has 21 heavy (non-hydrogen) atoms. The van der Waals surface area contributed by atoms with Gasteiger partial charge in [0.25, 0.3) is 5.91 Å². The highest BCUT2D eigenvalue weighted by molar-refractivity contribution is 9.10. The van der Waals surface area contributed by atoms with Gasteiger partial charge in [-0.15, -0.1) is 0 Å². The fourth-order valence-electron chi connectivity index (χ4n) is 1.87. The van der Waals surface area contributed by atoms with Gasteiger partial charge in [-0.1, -0.05) is 15.9 Å². The van der Waals surface area contributed by atoms with Crippen LogP contribution in [0.2, 0.25) is 0 Å². The standard InChI is InChI=1S/C15H11BrFNO3/c1-8-4-9(6-11(17)5-8)14(19)18-13-7-10(16)2-3-12(13)15(20)21/h2-7H,1H3,(H,18,19)(H,20,21). The number of amides is 1. The van der Waals surface area contributed by atoms with Crippen molar-refractivity contribution < 1.29 is 19.1 Å². The predicted molar refractivity (Wildman–Crippen MR) is 80.2 cm³/mol. The third-order valence-electron chi connectivity index (χ3n) is 2.76. The minimum absolute atomic E-state index is 0.0420. The van der Waals surface area contributed by atoms with Crippen LogP contribution in [-0.2, 0) is 0 Å². The van der Waals surface area contributed by atoms with E-state index in [1.165, 1.54) is 24.3 Å². The minimum atomic E-state index is -1.16. The number of carbonyl (C=O) groups excluding carboxylic acids is 1. The van der Waals surface area contributed by atoms with Crippen molar-refractivity contribution in [2.75, 3.05) is 5.32 Å². The van der Waals surface area contributed by atoms with Crippen molar-refractivity contribution in [2.45, 2.75) is 6.92 Å². The van der Waals surface area contributed by atoms with E-state index in [9.17, 15) is 14.0 Å². The van der Waals surface area contributed by atoms with Crippen LogP contribution in [0.25, 0.3) is 0 Å². The van der Waals surface area contributed by atoms with Crippen molar-refractivity contribution in [1.82, 2.24) is 0 Å². The normalized spacial score (nSPS) is 10.2. The van der Waals surface area contributed by atoms with Crippen molar-refractivity contribution in [2.24, 2.45) is 0 Å². The van der Waals surface area contributed by atoms with E-state index in [1.807, 2.05) is 0 Å². The van der Waals surface area contributed by atoms with E-state index in [2.05, 4.69) is 21.2 Å². The average Bonchev–Trinajstić information content (AvgIpc) is 2.37. The van der Waals surface area contributed by atoms with Crippen LogP contribution < -0.4 is 5.32 Å². The predicted octanol–water partition coefficient (Wildman–Crippen LogP) is 3.85. The van der Waals surface area contributed by atoms with Crippen LogP contribution in [0.1, 0.15) is 26.3 Å². The molecule has 0 fully saturated rings. The first kappa shape index (κ1) is 15.2. The van der Waals surface area contributed by atoms with Crippen molar-refractivity contribution in [3.8, 4) is 0 Å². The molecule has 2 N–H and O–H groups in total. The first-order chi connectivity index (χ1) is 9.86. The number of carbonyl (C=O) groups is 2. The number of rotatable bonds is 3. The molecule has 0 saturated heterocycles. The summed E-state index contributed by atoms with van der Waals surface area (Å²) < 4.78 is 13.9. The van der Waals surface area contributed by atoms with Crippen LogP contribution >= 0.6 is 15.9 Å². The Morgan fingerprint density at radius 1 is 1.19 bits per heavy atom. The molecule has 2 rings (SSSR count). The van der Waals surface area contributed by atoms with Crippen LogP contribution in [0.3, 0.4) is 0 Å². The van der Waals surface area contributed by atoms with Crippen molar-refractivity contribution >= 4 is 33.5 Å². The molecule has 0 saturated carbocycles. The second kappa shape index (κ2) is 6.05. The van der Waals surface area contributed by atoms with Gasteiger partial charge in [-0.2, -0.15) is 0 Å². The third kappa shape index (κ3) is 3.66. The Labute approximate surface area is 128 Å². The SMILES string of the molecule is Cc1cc(F)cc(C(=O)Nc2cc(Br)ccc2C(=O)O)c1. The van der Waals surface area contributed by atoms with Gasteiger partial charge in [0.15, 0.2) is 0 Å². The van der Waals surface area contributed by atoms with E-state index < -0.39 is 17.7 Å². The Bertz CT molecular complexity index is 711. The zero-order valence-electron chi connectivity index (χ0n) is 11.0. The lowest BCUT2D eigenvalue weighted by Crippen LogP contribution is -2.15. The van der Waals surface area contributed by atoms with Crippen LogP contribution in [0, 0.1) is 12.7 Å². The van der Waals surface area contributed by atoms with Crippen molar-refractivity contribution in [1.29, 1.82) is 0 Å². The number of nitrogens with one attached hydrogen (secondary N) is 1. The summed E-state index contributed by atoms with van der Waals surface area (Å²) in [6.07, 6.45) is 0. The summed E-state index contributed by atoms with van der Waals surface area (Å²) in [5.74, 6) is -2.25. The lowest BCUT2D eigenvalue weighted by atomic mass is 10.1. The summed E-state index contributed by atoms with van der Waals surface area (Å²) in [6, 6.07) is 8.34. The maximum absolute atomic E-state index is 13.3. The molecule has 0 aromatic heterocycles. The van der Waals surface area contributed by atoms with Gasteiger partial charge in [0.2, 0.25) is 0 Å². The van der Waals surface area contributed by atoms with E-state index in [4.69, 9.17) is 5.11 Å². The molecule has 2 aromatic rings. The number of carboxylic acid groups (broad SMARTS) is 1. The zero-order chi connectivity index (χ0) is 15.6. The molecule has 0 heterocycles. The van der Waals surface area contributed by atoms with Crippen LogP contribution in [0.15, 0.2) is 40.9 Å². The molecule has 0 radical (unpaired) electrons. The second-order valence-corrected chi connectivity index (χ2v) is 5.38. The molecule has 0 atom stereocenters. The number of carboxylic acids is 1. The first-order valence-corrected chi connectivity index (χ1v) is 6.77. The molecular formula is C15H11BrFNO3. The first-order valence-electron chi connectivity index (χ1n) is 5.98. The zero-order valence-corrected chi connectivity index (χ0v) is 12.6. The highest BCUT2D eigenvalue weighted by Gasteiger charge is 2.14. The van der Waals surface area contributed by atoms with Gasteiger partial charge in [0, 0.05) is 10.0 Å². The number of anilines is 1. The van der Waals surface area contributed by atoms with Gasteiger partial charge < -0.3 is 10.4 Å². The summed E-state index contributed by atoms with van der Waals surface area (Å²) in [7, 11) is 0. The van der Waals surface area contributed by atoms with Crippen LogP contribution in [0.4, 0.5) is 10.1 Å². The molecule has 0 unspecified atom stereocenters. The summed E-state index contributed by atoms with van der Waals surface area (Å²) in [5.41, 5.74) is 0.833. The molecule has 1 amide bonds. The maximum Gasteiger partial charge on any atom is 0.337 e. The van der Waals surface area contributed by atoms with Gasteiger partial charge in [0.05, 0.1) is 11.3 Å². The second-order valence-electron chi connectivity index (χ2n) is 4.47. The largest absolute Gasteiger partial charge is 0.478 e. The summed E-state index contributed by atoms with van der Waals surface area (Å²) in [6.45, 7) is 1.67. The molecule has 0 bridgehead atoms. The Hall–Kier alpha value is -2.21. The summed E-state index contributed by atoms with van der Waals surface area (Å²) >= 11 is 3.21. The van der Waals surface area contributed by atoms with Crippen molar-refractivity contribution in [3.63, 3.8) is 0 Å². The molecular weight excluding hydrogens is 341 g/mol. The van der Waals surface area contributed by atoms with Gasteiger partial charge in [-0.05, 0) is 48.9 Å². The van der Waals surface area contributed by atoms with E-state index in [0.29, 0.717) is 10.0 Å². The number of benzene rings is 2. The fourth-order valence-corrected chi connectivity index (χ4v) is 2.23. The van der Waals surface area contributed by atoms with E-state index in [0.717, 1.165) is 6.07 Å². The Morgan fingerprint density at radius 2 is 1.90 bits per heavy atom. The Morgan fingerprint density at radius 3 is 2.52 bits per heavy atom. The van der Waals surface area contributed by atoms with Crippen LogP contribution in [-0.4, -0.2) is 17.0 Å². The lowest BCUT2D eigenvalue weighted by Gasteiger charge is -2.09. The number of aromatic carboxylic acids is 1. The van der Waals surface area contributed by atoms with E-state index in [-0.39, 0.29) is 16.8 Å². The monoisotopic (exact) mass is 351 g/mol. The lowest BCUT2D eigenvalue weighted by molar-refractivity contribution is 0.0698. The molecule has 0 aliphatic heterocycles. The smallest absolute Gasteiger partial charge is 0.337 e. The van der Waals surface area contributed by atoms with Crippen LogP contribution in [0.5, 0.6) is 0 Å². The quantitative estimate of drug-likeness (QED) is 0.882. The fraction of sp³-hybridized carbons (Fsp3) is 0.0667. The number of hydrogen-bond acceptors (Lipinski definition) is 2. The maximum atomic E-state index is 13.3. The molecule has 4 nitrogen and oxygen atoms in total. The number of halogens is 2. The number of aryl methyl sites for hydroxylation is 1. The van der Waals surface area contributed by atoms with Gasteiger partial charge >= 0.3 is 5.97 Å². The Kier molecular flexibility index (Phi) is 4.37. The Balaban J connectivity index is 2.35. The average molecular weight is 352 g/mol. The summed E-state index contributed by atoms with van der Waals surface area (Å²) in [5, 5.41) is 11.6. The van der Waals surface area contributed by atoms with Crippen molar-refractivity contribution in [3.05, 3.63) is 63.4 Å². The van der Waals surface area contributed by atoms with Gasteiger partial charge in [-0.3, -0.25) is 4.79 Å². The molecule has 0 aliphatic rings. The number of hydrogen-bond donors (Lipinski definition) is 2. The third-order valence-corrected chi connectivity index (χ3v) is 3.26. The molecule has 6 heteroatoms. The molecule has 108 valence electrons. The van der Waals surface area contributed by atoms with E-state index >= 15 is 0 Å². The minimum Gasteiger partial charge on any atom is -0.478 e. The van der Waals surface area contributed by atoms with Gasteiger partial charge in [-0.25, -0.2) is 9.18 Å². The molecule has 0 spiro atoms.